The van der Waals surface area contributed by atoms with E-state index in [9.17, 15) is 13.2 Å². The fourth-order valence-corrected chi connectivity index (χ4v) is 1.95. The molecule has 0 aliphatic rings. The summed E-state index contributed by atoms with van der Waals surface area (Å²) in [4.78, 5) is 1.12. The molecule has 0 bridgehead atoms. The van der Waals surface area contributed by atoms with Crippen molar-refractivity contribution in [1.29, 1.82) is 0 Å². The number of thioether (sulfide) groups is 1. The van der Waals surface area contributed by atoms with Crippen molar-refractivity contribution >= 4 is 17.4 Å². The molecule has 0 atom stereocenters. The summed E-state index contributed by atoms with van der Waals surface area (Å²) in [5.74, 6) is 0. The molecule has 0 amide bonds. The number of para-hydroxylation sites is 1. The van der Waals surface area contributed by atoms with E-state index in [0.29, 0.717) is 13.0 Å². The van der Waals surface area contributed by atoms with Crippen LogP contribution in [0.25, 0.3) is 0 Å². The Morgan fingerprint density at radius 2 is 2.00 bits per heavy atom. The normalized spacial score (nSPS) is 11.6. The van der Waals surface area contributed by atoms with Crippen LogP contribution in [0.4, 0.5) is 18.9 Å². The summed E-state index contributed by atoms with van der Waals surface area (Å²) in [6.45, 7) is -0.474. The van der Waals surface area contributed by atoms with Crippen molar-refractivity contribution in [1.82, 2.24) is 0 Å². The van der Waals surface area contributed by atoms with E-state index in [1.165, 1.54) is 0 Å². The lowest BCUT2D eigenvalue weighted by atomic mass is 10.3. The molecule has 0 saturated heterocycles. The van der Waals surface area contributed by atoms with Gasteiger partial charge in [0.2, 0.25) is 0 Å². The molecule has 0 fully saturated rings. The molecule has 0 aliphatic heterocycles. The maximum atomic E-state index is 11.8. The van der Waals surface area contributed by atoms with Crippen molar-refractivity contribution in [3.63, 3.8) is 0 Å². The Kier molecular flexibility index (Phi) is 6.35. The molecule has 18 heavy (non-hydrogen) atoms. The number of halogens is 3. The zero-order valence-electron chi connectivity index (χ0n) is 10.1. The lowest BCUT2D eigenvalue weighted by molar-refractivity contribution is -0.173. The molecule has 2 nitrogen and oxygen atoms in total. The number of hydrogen-bond donors (Lipinski definition) is 1. The molecule has 0 heterocycles. The maximum Gasteiger partial charge on any atom is 0.411 e. The predicted octanol–water partition coefficient (Wildman–Crippen LogP) is 3.79. The Hall–Kier alpha value is -0.880. The third kappa shape index (κ3) is 6.16. The zero-order valence-corrected chi connectivity index (χ0v) is 10.9. The first-order chi connectivity index (χ1) is 8.53. The summed E-state index contributed by atoms with van der Waals surface area (Å²) in [7, 11) is 0. The molecular formula is C12H16F3NOS. The van der Waals surface area contributed by atoms with Crippen LogP contribution in [0, 0.1) is 0 Å². The van der Waals surface area contributed by atoms with Crippen molar-refractivity contribution < 1.29 is 17.9 Å². The Labute approximate surface area is 109 Å². The molecule has 0 aliphatic carbocycles. The summed E-state index contributed by atoms with van der Waals surface area (Å²) in [6, 6.07) is 7.81. The third-order valence-electron chi connectivity index (χ3n) is 2.15. The van der Waals surface area contributed by atoms with Crippen molar-refractivity contribution in [3.8, 4) is 0 Å². The van der Waals surface area contributed by atoms with Crippen molar-refractivity contribution in [2.75, 3.05) is 31.3 Å². The average Bonchev–Trinajstić information content (AvgIpc) is 2.32. The van der Waals surface area contributed by atoms with E-state index in [1.807, 2.05) is 30.5 Å². The minimum Gasteiger partial charge on any atom is -0.384 e. The first-order valence-electron chi connectivity index (χ1n) is 5.54. The van der Waals surface area contributed by atoms with E-state index in [4.69, 9.17) is 0 Å². The smallest absolute Gasteiger partial charge is 0.384 e. The monoisotopic (exact) mass is 279 g/mol. The zero-order chi connectivity index (χ0) is 13.4. The van der Waals surface area contributed by atoms with Gasteiger partial charge in [-0.2, -0.15) is 13.2 Å². The van der Waals surface area contributed by atoms with E-state index in [1.54, 1.807) is 11.8 Å². The average molecular weight is 279 g/mol. The van der Waals surface area contributed by atoms with Crippen LogP contribution in [0.5, 0.6) is 0 Å². The highest BCUT2D eigenvalue weighted by Crippen LogP contribution is 2.24. The number of rotatable bonds is 7. The topological polar surface area (TPSA) is 21.3 Å². The van der Waals surface area contributed by atoms with Crippen molar-refractivity contribution in [3.05, 3.63) is 24.3 Å². The van der Waals surface area contributed by atoms with Gasteiger partial charge in [-0.1, -0.05) is 12.1 Å². The predicted molar refractivity (Wildman–Crippen MR) is 68.2 cm³/mol. The van der Waals surface area contributed by atoms with Crippen LogP contribution in [0.2, 0.25) is 0 Å². The molecule has 0 saturated carbocycles. The highest BCUT2D eigenvalue weighted by atomic mass is 32.2. The minimum atomic E-state index is -4.24. The summed E-state index contributed by atoms with van der Waals surface area (Å²) in [6.07, 6.45) is -1.72. The van der Waals surface area contributed by atoms with Gasteiger partial charge in [-0.25, -0.2) is 0 Å². The molecule has 1 rings (SSSR count). The number of hydrogen-bond acceptors (Lipinski definition) is 3. The minimum absolute atomic E-state index is 0.105. The van der Waals surface area contributed by atoms with Gasteiger partial charge in [0.05, 0.1) is 0 Å². The van der Waals surface area contributed by atoms with Crippen LogP contribution in [0.15, 0.2) is 29.2 Å². The molecule has 6 heteroatoms. The van der Waals surface area contributed by atoms with Gasteiger partial charge in [0.25, 0.3) is 0 Å². The number of alkyl halides is 3. The van der Waals surface area contributed by atoms with Gasteiger partial charge in [0.1, 0.15) is 6.61 Å². The largest absolute Gasteiger partial charge is 0.411 e. The number of ether oxygens (including phenoxy) is 1. The fraction of sp³-hybridized carbons (Fsp3) is 0.500. The first-order valence-corrected chi connectivity index (χ1v) is 6.77. The van der Waals surface area contributed by atoms with Crippen LogP contribution >= 0.6 is 11.8 Å². The van der Waals surface area contributed by atoms with Crippen LogP contribution in [-0.4, -0.2) is 32.2 Å². The molecule has 0 spiro atoms. The molecule has 1 N–H and O–H groups in total. The van der Waals surface area contributed by atoms with Crippen LogP contribution < -0.4 is 5.32 Å². The summed E-state index contributed by atoms with van der Waals surface area (Å²) < 4.78 is 39.9. The standard InChI is InChI=1S/C12H16F3NOS/c1-18-11-6-3-2-5-10(11)16-7-4-8-17-9-12(13,14)15/h2-3,5-6,16H,4,7-9H2,1H3. The van der Waals surface area contributed by atoms with Gasteiger partial charge in [0.15, 0.2) is 0 Å². The van der Waals surface area contributed by atoms with Gasteiger partial charge in [-0.15, -0.1) is 11.8 Å². The molecular weight excluding hydrogens is 263 g/mol. The lowest BCUT2D eigenvalue weighted by Crippen LogP contribution is -2.18. The molecule has 0 radical (unpaired) electrons. The number of nitrogens with one attached hydrogen (secondary N) is 1. The molecule has 102 valence electrons. The number of benzene rings is 1. The summed E-state index contributed by atoms with van der Waals surface area (Å²) in [5.41, 5.74) is 1.00. The van der Waals surface area contributed by atoms with Crippen LogP contribution in [-0.2, 0) is 4.74 Å². The maximum absolute atomic E-state index is 11.8. The van der Waals surface area contributed by atoms with Gasteiger partial charge in [-0.3, -0.25) is 0 Å². The SMILES string of the molecule is CSc1ccccc1NCCCOCC(F)(F)F. The van der Waals surface area contributed by atoms with Crippen molar-refractivity contribution in [2.24, 2.45) is 0 Å². The van der Waals surface area contributed by atoms with Crippen molar-refractivity contribution in [2.45, 2.75) is 17.5 Å². The lowest BCUT2D eigenvalue weighted by Gasteiger charge is -2.11. The Morgan fingerprint density at radius 1 is 1.28 bits per heavy atom. The second-order valence-electron chi connectivity index (χ2n) is 3.65. The highest BCUT2D eigenvalue weighted by molar-refractivity contribution is 7.98. The Balaban J connectivity index is 2.18. The Bertz CT molecular complexity index is 357. The quantitative estimate of drug-likeness (QED) is 0.606. The molecule has 0 unspecified atom stereocenters. The van der Waals surface area contributed by atoms with Crippen LogP contribution in [0.3, 0.4) is 0 Å². The molecule has 0 aromatic heterocycles. The first kappa shape index (κ1) is 15.2. The fourth-order valence-electron chi connectivity index (χ4n) is 1.38. The summed E-state index contributed by atoms with van der Waals surface area (Å²) in [5, 5.41) is 3.18. The molecule has 1 aromatic carbocycles. The van der Waals surface area contributed by atoms with E-state index in [2.05, 4.69) is 10.1 Å². The van der Waals surface area contributed by atoms with Gasteiger partial charge in [-0.05, 0) is 24.8 Å². The summed E-state index contributed by atoms with van der Waals surface area (Å²) >= 11 is 1.62. The van der Waals surface area contributed by atoms with Gasteiger partial charge in [0, 0.05) is 23.7 Å². The van der Waals surface area contributed by atoms with E-state index in [-0.39, 0.29) is 6.61 Å². The van der Waals surface area contributed by atoms with E-state index >= 15 is 0 Å². The Morgan fingerprint density at radius 3 is 2.67 bits per heavy atom. The number of anilines is 1. The second kappa shape index (κ2) is 7.53. The van der Waals surface area contributed by atoms with Gasteiger partial charge < -0.3 is 10.1 Å². The second-order valence-corrected chi connectivity index (χ2v) is 4.50. The van der Waals surface area contributed by atoms with E-state index < -0.39 is 12.8 Å². The van der Waals surface area contributed by atoms with Gasteiger partial charge >= 0.3 is 6.18 Å². The van der Waals surface area contributed by atoms with E-state index in [0.717, 1.165) is 10.6 Å². The molecule has 1 aromatic rings. The highest BCUT2D eigenvalue weighted by Gasteiger charge is 2.27. The third-order valence-corrected chi connectivity index (χ3v) is 2.95. The van der Waals surface area contributed by atoms with Crippen LogP contribution in [0.1, 0.15) is 6.42 Å².